The summed E-state index contributed by atoms with van der Waals surface area (Å²) in [4.78, 5) is 17.1. The molecule has 0 amide bonds. The zero-order chi connectivity index (χ0) is 21.1. The van der Waals surface area contributed by atoms with E-state index in [2.05, 4.69) is 57.1 Å². The molecule has 0 aromatic heterocycles. The van der Waals surface area contributed by atoms with Crippen molar-refractivity contribution in [3.63, 3.8) is 0 Å². The van der Waals surface area contributed by atoms with Crippen LogP contribution in [0.25, 0.3) is 0 Å². The molecule has 1 fully saturated rings. The van der Waals surface area contributed by atoms with Crippen molar-refractivity contribution in [3.05, 3.63) is 121 Å². The Hall–Kier alpha value is -2.08. The first-order valence-corrected chi connectivity index (χ1v) is 9.17. The highest BCUT2D eigenvalue weighted by molar-refractivity contribution is 6.32. The largest absolute Gasteiger partial charge is 0.377 e. The maximum absolute atomic E-state index is 10.9. The summed E-state index contributed by atoms with van der Waals surface area (Å²) in [7, 11) is 0. The Morgan fingerprint density at radius 3 is 2.30 bits per heavy atom. The van der Waals surface area contributed by atoms with Crippen LogP contribution in [0.3, 0.4) is 0 Å². The quantitative estimate of drug-likeness (QED) is 0.535. The summed E-state index contributed by atoms with van der Waals surface area (Å²) in [5, 5.41) is 16.1. The molecule has 0 spiro atoms. The average Bonchev–Trinajstić information content (AvgIpc) is 2.88. The molecule has 2 aliphatic rings. The molecule has 17 radical (unpaired) electrons. The fourth-order valence-electron chi connectivity index (χ4n) is 2.68. The number of piperidine rings is 1. The zero-order valence-corrected chi connectivity index (χ0v) is 16.4. The van der Waals surface area contributed by atoms with Crippen molar-refractivity contribution >= 4 is 34.9 Å². The summed E-state index contributed by atoms with van der Waals surface area (Å²) in [6.07, 6.45) is 11.0. The first-order chi connectivity index (χ1) is 14.5. The van der Waals surface area contributed by atoms with E-state index in [4.69, 9.17) is 28.0 Å². The van der Waals surface area contributed by atoms with Crippen LogP contribution >= 0.6 is 23.2 Å². The van der Waals surface area contributed by atoms with Gasteiger partial charge < -0.3 is 4.84 Å². The molecule has 30 heavy (non-hydrogen) atoms. The predicted octanol–water partition coefficient (Wildman–Crippen LogP) is 3.84. The van der Waals surface area contributed by atoms with Crippen LogP contribution in [0.4, 0.5) is 0 Å². The van der Waals surface area contributed by atoms with Gasteiger partial charge in [0, 0.05) is 46.9 Å². The Bertz CT molecular complexity index is 921. The topological polar surface area (TPSA) is 61.8 Å². The van der Waals surface area contributed by atoms with Gasteiger partial charge in [0.05, 0.1) is 19.0 Å². The van der Waals surface area contributed by atoms with E-state index < -0.39 is 11.9 Å². The minimum atomic E-state index is -1.38. The molecule has 0 unspecified atom stereocenters. The number of rotatable bonds is 5. The molecule has 0 bridgehead atoms. The number of carbonyl (C=O) groups excluding carboxylic acids is 1. The third kappa shape index (κ3) is 4.80. The molecule has 1 heterocycles. The Kier molecular flexibility index (Phi) is 6.61. The normalized spacial score (nSPS) is 18.9. The molecule has 5 nitrogen and oxygen atoms in total. The average molecular weight is 430 g/mol. The van der Waals surface area contributed by atoms with Crippen LogP contribution in [-0.4, -0.2) is 16.6 Å². The van der Waals surface area contributed by atoms with Gasteiger partial charge >= 0.3 is 5.97 Å². The van der Waals surface area contributed by atoms with Crippen molar-refractivity contribution in [2.75, 3.05) is 0 Å². The predicted molar refractivity (Wildman–Crippen MR) is 105 cm³/mol. The van der Waals surface area contributed by atoms with Gasteiger partial charge in [0.1, 0.15) is 12.3 Å². The minimum absolute atomic E-state index is 0.434. The van der Waals surface area contributed by atoms with Crippen molar-refractivity contribution in [1.82, 2.24) is 4.90 Å². The number of hydrogen-bond donors (Lipinski definition) is 0. The highest BCUT2D eigenvalue weighted by atomic mass is 35.5. The Balaban J connectivity index is 1.53. The van der Waals surface area contributed by atoms with Crippen molar-refractivity contribution in [3.8, 4) is 0 Å². The second kappa shape index (κ2) is 9.38. The standard InChI is InChI=1S/C23H7Cl2N2O3/c24-18-7-5-15-3-4-16-6-8-19(25)13-21(16)22(20(15)12-18)26-30-11-10-27-9-1-2-17(14-27)23(28)29/h5-8,12-13,17H/t17-/m1/s1. The van der Waals surface area contributed by atoms with Crippen LogP contribution in [0.1, 0.15) is 22.3 Å². The molecule has 141 valence electrons. The van der Waals surface area contributed by atoms with E-state index >= 15 is 0 Å². The Morgan fingerprint density at radius 1 is 1.07 bits per heavy atom. The monoisotopic (exact) mass is 429 g/mol. The van der Waals surface area contributed by atoms with Crippen molar-refractivity contribution in [1.29, 1.82) is 0 Å². The van der Waals surface area contributed by atoms with Gasteiger partial charge in [-0.3, -0.25) is 4.90 Å². The molecular weight excluding hydrogens is 423 g/mol. The van der Waals surface area contributed by atoms with Crippen molar-refractivity contribution in [2.45, 2.75) is 0 Å². The van der Waals surface area contributed by atoms with E-state index in [0.717, 1.165) is 4.90 Å². The van der Waals surface area contributed by atoms with Gasteiger partial charge in [-0.25, -0.2) is 9.90 Å². The highest BCUT2D eigenvalue weighted by Gasteiger charge is 2.30. The number of benzene rings is 2. The van der Waals surface area contributed by atoms with Gasteiger partial charge in [-0.2, -0.15) is 0 Å². The summed E-state index contributed by atoms with van der Waals surface area (Å²) in [5.74, 6) is -2.58. The first kappa shape index (κ1) is 21.2. The van der Waals surface area contributed by atoms with Gasteiger partial charge in [-0.05, 0) is 35.4 Å². The van der Waals surface area contributed by atoms with E-state index in [1.165, 1.54) is 0 Å². The van der Waals surface area contributed by atoms with Gasteiger partial charge in [0.15, 0.2) is 0 Å². The third-order valence-corrected chi connectivity index (χ3v) is 4.49. The van der Waals surface area contributed by atoms with Crippen LogP contribution in [-0.2, 0) is 14.7 Å². The van der Waals surface area contributed by atoms with Gasteiger partial charge in [-0.15, -0.1) is 0 Å². The molecule has 7 heteroatoms. The summed E-state index contributed by atoms with van der Waals surface area (Å²) in [5.41, 5.74) is 3.19. The number of fused-ring (bicyclic) bond motifs is 2. The van der Waals surface area contributed by atoms with E-state index in [9.17, 15) is 9.90 Å². The molecule has 1 saturated heterocycles. The number of oxime groups is 1. The van der Waals surface area contributed by atoms with E-state index in [1.54, 1.807) is 36.4 Å². The zero-order valence-electron chi connectivity index (χ0n) is 14.9. The lowest BCUT2D eigenvalue weighted by Gasteiger charge is -2.24. The fourth-order valence-corrected chi connectivity index (χ4v) is 3.03. The van der Waals surface area contributed by atoms with Crippen molar-refractivity contribution < 1.29 is 14.7 Å². The lowest BCUT2D eigenvalue weighted by Crippen LogP contribution is -2.30. The molecule has 1 aliphatic carbocycles. The maximum atomic E-state index is 10.9. The van der Waals surface area contributed by atoms with Gasteiger partial charge in [0.25, 0.3) is 6.61 Å². The number of likely N-dealkylation sites (tertiary alicyclic amines) is 1. The smallest absolute Gasteiger partial charge is 0.361 e. The second-order valence-electron chi connectivity index (χ2n) is 5.97. The molecule has 0 saturated carbocycles. The molecular formula is C23H7Cl2N2O3. The number of halogens is 2. The molecule has 0 N–H and O–H groups in total. The van der Waals surface area contributed by atoms with Crippen LogP contribution < -0.4 is 0 Å². The van der Waals surface area contributed by atoms with Gasteiger partial charge in [-0.1, -0.05) is 40.5 Å². The van der Waals surface area contributed by atoms with E-state index in [-0.39, 0.29) is 0 Å². The second-order valence-corrected chi connectivity index (χ2v) is 6.85. The molecule has 4 rings (SSSR count). The fraction of sp³-hybridized carbons (Fsp3) is 0.0435. The molecule has 2 aromatic carbocycles. The number of nitrogens with zero attached hydrogens (tertiary/aromatic N) is 2. The molecule has 2 aromatic rings. The lowest BCUT2D eigenvalue weighted by atomic mass is 9.98. The number of carbonyl (C=O) groups is 1. The van der Waals surface area contributed by atoms with E-state index in [1.807, 2.05) is 0 Å². The summed E-state index contributed by atoms with van der Waals surface area (Å²) >= 11 is 12.3. The summed E-state index contributed by atoms with van der Waals surface area (Å²) < 4.78 is 0. The Morgan fingerprint density at radius 2 is 1.70 bits per heavy atom. The Labute approximate surface area is 186 Å². The third-order valence-electron chi connectivity index (χ3n) is 4.02. The minimum Gasteiger partial charge on any atom is -0.377 e. The maximum Gasteiger partial charge on any atom is 0.361 e. The number of hydrogen-bond acceptors (Lipinski definition) is 4. The van der Waals surface area contributed by atoms with Crippen LogP contribution in [0, 0.1) is 57.8 Å². The van der Waals surface area contributed by atoms with E-state index in [0.29, 0.717) is 38.0 Å². The molecule has 1 aliphatic heterocycles. The summed E-state index contributed by atoms with van der Waals surface area (Å²) in [6.45, 7) is 9.82. The molecule has 1 atom stereocenters. The summed E-state index contributed by atoms with van der Waals surface area (Å²) in [6, 6.07) is 10.5. The highest BCUT2D eigenvalue weighted by Crippen LogP contribution is 2.31. The van der Waals surface area contributed by atoms with Crippen LogP contribution in [0.15, 0.2) is 41.6 Å². The van der Waals surface area contributed by atoms with Crippen molar-refractivity contribution in [2.24, 2.45) is 11.1 Å². The SMILES string of the molecule is [O]C(=O)[C@@H]1[C][C][C]N([C][C]ON=C2c3cc(Cl)ccc3[C][C]c3ccc(Cl)cc32)[C]1. The lowest BCUT2D eigenvalue weighted by molar-refractivity contribution is -0.146. The van der Waals surface area contributed by atoms with Crippen LogP contribution in [0.5, 0.6) is 0 Å². The first-order valence-electron chi connectivity index (χ1n) is 8.41. The van der Waals surface area contributed by atoms with Crippen LogP contribution in [0.2, 0.25) is 10.0 Å². The van der Waals surface area contributed by atoms with Gasteiger partial charge in [0.2, 0.25) is 0 Å².